The van der Waals surface area contributed by atoms with E-state index >= 15 is 0 Å². The lowest BCUT2D eigenvalue weighted by Gasteiger charge is -2.41. The third-order valence-electron chi connectivity index (χ3n) is 3.39. The van der Waals surface area contributed by atoms with Gasteiger partial charge in [-0.3, -0.25) is 9.69 Å². The van der Waals surface area contributed by atoms with Gasteiger partial charge in [-0.15, -0.1) is 0 Å². The van der Waals surface area contributed by atoms with E-state index in [2.05, 4.69) is 0 Å². The van der Waals surface area contributed by atoms with Crippen LogP contribution in [0.3, 0.4) is 0 Å². The molecule has 1 rings (SSSR count). The van der Waals surface area contributed by atoms with Crippen molar-refractivity contribution in [2.24, 2.45) is 0 Å². The van der Waals surface area contributed by atoms with Crippen molar-refractivity contribution in [3.05, 3.63) is 0 Å². The van der Waals surface area contributed by atoms with Gasteiger partial charge in [0.15, 0.2) is 0 Å². The molecule has 1 amide bonds. The Balaban J connectivity index is 2.75. The minimum atomic E-state index is -0.830. The van der Waals surface area contributed by atoms with Crippen LogP contribution in [0.1, 0.15) is 47.5 Å². The zero-order valence-corrected chi connectivity index (χ0v) is 13.8. The molecule has 0 saturated carbocycles. The molecule has 1 aliphatic heterocycles. The van der Waals surface area contributed by atoms with Crippen molar-refractivity contribution in [3.63, 3.8) is 0 Å². The first-order chi connectivity index (χ1) is 9.60. The Morgan fingerprint density at radius 3 is 2.48 bits per heavy atom. The second-order valence-electron chi connectivity index (χ2n) is 6.91. The van der Waals surface area contributed by atoms with Gasteiger partial charge in [0.1, 0.15) is 5.60 Å². The summed E-state index contributed by atoms with van der Waals surface area (Å²) in [5, 5.41) is 8.91. The minimum Gasteiger partial charge on any atom is -0.480 e. The van der Waals surface area contributed by atoms with Crippen LogP contribution in [0.25, 0.3) is 0 Å². The molecule has 6 heteroatoms. The highest BCUT2D eigenvalue weighted by Crippen LogP contribution is 2.21. The van der Waals surface area contributed by atoms with Crippen LogP contribution >= 0.6 is 0 Å². The van der Waals surface area contributed by atoms with Crippen LogP contribution in [0, 0.1) is 0 Å². The van der Waals surface area contributed by atoms with Gasteiger partial charge in [0.2, 0.25) is 0 Å². The van der Waals surface area contributed by atoms with Crippen LogP contribution in [0.15, 0.2) is 0 Å². The molecule has 21 heavy (non-hydrogen) atoms. The smallest absolute Gasteiger partial charge is 0.410 e. The molecule has 1 aliphatic rings. The van der Waals surface area contributed by atoms with E-state index in [1.54, 1.807) is 4.90 Å². The van der Waals surface area contributed by atoms with Gasteiger partial charge in [-0.1, -0.05) is 0 Å². The zero-order chi connectivity index (χ0) is 16.2. The second kappa shape index (κ2) is 7.11. The molecule has 0 radical (unpaired) electrons. The first-order valence-electron chi connectivity index (χ1n) is 7.55. The average Bonchev–Trinajstić information content (AvgIpc) is 2.25. The Morgan fingerprint density at radius 2 is 2.00 bits per heavy atom. The van der Waals surface area contributed by atoms with E-state index in [-0.39, 0.29) is 24.7 Å². The molecular weight excluding hydrogens is 272 g/mol. The van der Waals surface area contributed by atoms with E-state index in [1.165, 1.54) is 0 Å². The third kappa shape index (κ3) is 5.91. The van der Waals surface area contributed by atoms with Crippen LogP contribution in [0.5, 0.6) is 0 Å². The van der Waals surface area contributed by atoms with Crippen LogP contribution in [-0.4, -0.2) is 64.3 Å². The summed E-state index contributed by atoms with van der Waals surface area (Å²) in [5.74, 6) is -0.830. The maximum absolute atomic E-state index is 12.4. The van der Waals surface area contributed by atoms with E-state index in [0.29, 0.717) is 6.54 Å². The van der Waals surface area contributed by atoms with Crippen LogP contribution in [0.4, 0.5) is 4.79 Å². The Kier molecular flexibility index (Phi) is 6.01. The number of carboxylic acids is 1. The molecule has 0 aromatic heterocycles. The number of piperidine rings is 1. The Hall–Kier alpha value is -1.30. The van der Waals surface area contributed by atoms with Gasteiger partial charge in [-0.2, -0.15) is 0 Å². The standard InChI is InChI=1S/C15H28N2O4/c1-11(2)17(14(20)21-15(3,4)5)12-7-6-8-16(9-12)10-13(18)19/h11-12H,6-10H2,1-5H3,(H,18,19). The third-order valence-corrected chi connectivity index (χ3v) is 3.39. The second-order valence-corrected chi connectivity index (χ2v) is 6.91. The number of carboxylic acid groups (broad SMARTS) is 1. The number of carbonyl (C=O) groups is 2. The van der Waals surface area contributed by atoms with E-state index in [1.807, 2.05) is 39.5 Å². The predicted octanol–water partition coefficient (Wildman–Crippen LogP) is 2.18. The van der Waals surface area contributed by atoms with Crippen molar-refractivity contribution >= 4 is 12.1 Å². The number of aliphatic carboxylic acids is 1. The summed E-state index contributed by atoms with van der Waals surface area (Å²) in [7, 11) is 0. The maximum atomic E-state index is 12.4. The summed E-state index contributed by atoms with van der Waals surface area (Å²) in [6, 6.07) is 0.0302. The largest absolute Gasteiger partial charge is 0.480 e. The molecule has 0 aromatic rings. The Labute approximate surface area is 127 Å². The summed E-state index contributed by atoms with van der Waals surface area (Å²) in [6.07, 6.45) is 1.46. The number of hydrogen-bond acceptors (Lipinski definition) is 4. The fraction of sp³-hybridized carbons (Fsp3) is 0.867. The topological polar surface area (TPSA) is 70.1 Å². The number of likely N-dealkylation sites (tertiary alicyclic amines) is 1. The van der Waals surface area contributed by atoms with Gasteiger partial charge < -0.3 is 14.7 Å². The highest BCUT2D eigenvalue weighted by molar-refractivity contribution is 5.70. The molecule has 1 unspecified atom stereocenters. The monoisotopic (exact) mass is 300 g/mol. The molecular formula is C15H28N2O4. The predicted molar refractivity (Wildman–Crippen MR) is 80.3 cm³/mol. The van der Waals surface area contributed by atoms with Crippen molar-refractivity contribution < 1.29 is 19.4 Å². The first kappa shape index (κ1) is 17.8. The molecule has 1 atom stereocenters. The van der Waals surface area contributed by atoms with Crippen LogP contribution in [0.2, 0.25) is 0 Å². The van der Waals surface area contributed by atoms with E-state index in [9.17, 15) is 9.59 Å². The highest BCUT2D eigenvalue weighted by Gasteiger charge is 2.33. The molecule has 1 saturated heterocycles. The summed E-state index contributed by atoms with van der Waals surface area (Å²) in [5.41, 5.74) is -0.528. The summed E-state index contributed by atoms with van der Waals surface area (Å²) < 4.78 is 5.48. The van der Waals surface area contributed by atoms with Gasteiger partial charge in [0.25, 0.3) is 0 Å². The lowest BCUT2D eigenvalue weighted by atomic mass is 10.0. The van der Waals surface area contributed by atoms with Gasteiger partial charge in [0.05, 0.1) is 6.54 Å². The van der Waals surface area contributed by atoms with Crippen LogP contribution in [-0.2, 0) is 9.53 Å². The van der Waals surface area contributed by atoms with E-state index in [0.717, 1.165) is 19.4 Å². The number of nitrogens with zero attached hydrogens (tertiary/aromatic N) is 2. The lowest BCUT2D eigenvalue weighted by molar-refractivity contribution is -0.138. The van der Waals surface area contributed by atoms with Gasteiger partial charge in [-0.05, 0) is 54.0 Å². The van der Waals surface area contributed by atoms with Crippen molar-refractivity contribution in [2.75, 3.05) is 19.6 Å². The van der Waals surface area contributed by atoms with Crippen molar-refractivity contribution in [1.29, 1.82) is 0 Å². The molecule has 0 aliphatic carbocycles. The molecule has 122 valence electrons. The van der Waals surface area contributed by atoms with Crippen LogP contribution < -0.4 is 0 Å². The molecule has 1 fully saturated rings. The Bertz CT molecular complexity index is 376. The normalized spacial score (nSPS) is 20.4. The number of ether oxygens (including phenoxy) is 1. The molecule has 0 spiro atoms. The summed E-state index contributed by atoms with van der Waals surface area (Å²) in [6.45, 7) is 10.8. The number of carbonyl (C=O) groups excluding carboxylic acids is 1. The number of amides is 1. The van der Waals surface area contributed by atoms with Gasteiger partial charge in [0, 0.05) is 18.6 Å². The summed E-state index contributed by atoms with van der Waals surface area (Å²) >= 11 is 0. The quantitative estimate of drug-likeness (QED) is 0.861. The van der Waals surface area contributed by atoms with E-state index in [4.69, 9.17) is 9.84 Å². The first-order valence-corrected chi connectivity index (χ1v) is 7.55. The van der Waals surface area contributed by atoms with Crippen molar-refractivity contribution in [1.82, 2.24) is 9.80 Å². The lowest BCUT2D eigenvalue weighted by Crippen LogP contribution is -2.54. The molecule has 0 bridgehead atoms. The van der Waals surface area contributed by atoms with Crippen molar-refractivity contribution in [2.45, 2.75) is 65.1 Å². The highest BCUT2D eigenvalue weighted by atomic mass is 16.6. The fourth-order valence-electron chi connectivity index (χ4n) is 2.69. The van der Waals surface area contributed by atoms with Gasteiger partial charge in [-0.25, -0.2) is 4.79 Å². The zero-order valence-electron chi connectivity index (χ0n) is 13.8. The van der Waals surface area contributed by atoms with E-state index < -0.39 is 11.6 Å². The van der Waals surface area contributed by atoms with Gasteiger partial charge >= 0.3 is 12.1 Å². The maximum Gasteiger partial charge on any atom is 0.410 e. The minimum absolute atomic E-state index is 0.00736. The average molecular weight is 300 g/mol. The Morgan fingerprint density at radius 1 is 1.38 bits per heavy atom. The number of hydrogen-bond donors (Lipinski definition) is 1. The molecule has 6 nitrogen and oxygen atoms in total. The molecule has 1 N–H and O–H groups in total. The number of rotatable bonds is 4. The molecule has 0 aromatic carbocycles. The summed E-state index contributed by atoms with van der Waals surface area (Å²) in [4.78, 5) is 26.9. The van der Waals surface area contributed by atoms with Crippen molar-refractivity contribution in [3.8, 4) is 0 Å². The fourth-order valence-corrected chi connectivity index (χ4v) is 2.69. The SMILES string of the molecule is CC(C)N(C(=O)OC(C)(C)C)C1CCCN(CC(=O)O)C1. The molecule has 1 heterocycles.